The Morgan fingerprint density at radius 3 is 1.28 bits per heavy atom. The molecule has 0 spiro atoms. The van der Waals surface area contributed by atoms with Crippen LogP contribution in [0.1, 0.15) is 48.2 Å². The number of hydrogen-bond acceptors (Lipinski definition) is 2. The number of aromatic nitrogens is 4. The van der Waals surface area contributed by atoms with Gasteiger partial charge in [-0.2, -0.15) is 0 Å². The zero-order chi connectivity index (χ0) is 35.6. The molecule has 8 aromatic rings. The fourth-order valence-electron chi connectivity index (χ4n) is 8.17. The largest absolute Gasteiger partial charge is 1.00 e. The van der Waals surface area contributed by atoms with Gasteiger partial charge in [0.05, 0.1) is 25.3 Å². The molecular formula is C46H48Br2N4O2. The van der Waals surface area contributed by atoms with Gasteiger partial charge in [0.15, 0.2) is 12.4 Å². The normalized spacial score (nSPS) is 11.3. The van der Waals surface area contributed by atoms with E-state index in [1.165, 1.54) is 79.0 Å². The molecule has 8 heteroatoms. The molecule has 54 heavy (non-hydrogen) atoms. The topological polar surface area (TPSA) is 36.1 Å². The van der Waals surface area contributed by atoms with Crippen LogP contribution in [0.4, 0.5) is 0 Å². The van der Waals surface area contributed by atoms with Gasteiger partial charge >= 0.3 is 0 Å². The van der Waals surface area contributed by atoms with Crippen LogP contribution in [0.25, 0.3) is 43.6 Å². The van der Waals surface area contributed by atoms with Gasteiger partial charge < -0.3 is 52.6 Å². The van der Waals surface area contributed by atoms with Crippen LogP contribution in [-0.4, -0.2) is 23.4 Å². The van der Waals surface area contributed by atoms with Crippen molar-refractivity contribution in [2.75, 3.05) is 14.2 Å². The predicted molar refractivity (Wildman–Crippen MR) is 211 cm³/mol. The lowest BCUT2D eigenvalue weighted by Gasteiger charge is -2.10. The fourth-order valence-corrected chi connectivity index (χ4v) is 8.17. The molecule has 0 bridgehead atoms. The number of rotatable bonds is 13. The van der Waals surface area contributed by atoms with E-state index in [2.05, 4.69) is 154 Å². The SMILES string of the molecule is COc1ccc2c3cc[n+](CCCCCC[n+]4ccc5c6ccc(OC)cc6n(Cc6ccccc6)c5c4C)c(C)c3n(Cc3ccccc3)c2c1.[Br-].[Br-]. The number of aryl methyl sites for hydroxylation is 4. The first kappa shape index (κ1) is 39.0. The van der Waals surface area contributed by atoms with E-state index in [0.29, 0.717) is 0 Å². The summed E-state index contributed by atoms with van der Waals surface area (Å²) in [5.41, 5.74) is 10.3. The Bertz CT molecular complexity index is 2350. The predicted octanol–water partition coefficient (Wildman–Crippen LogP) is 3.48. The van der Waals surface area contributed by atoms with Gasteiger partial charge in [-0.3, -0.25) is 0 Å². The number of fused-ring (bicyclic) bond motifs is 6. The first-order valence-corrected chi connectivity index (χ1v) is 18.6. The first-order chi connectivity index (χ1) is 25.5. The minimum Gasteiger partial charge on any atom is -1.00 e. The highest BCUT2D eigenvalue weighted by Crippen LogP contribution is 2.34. The lowest BCUT2D eigenvalue weighted by atomic mass is 10.1. The third kappa shape index (κ3) is 7.51. The molecule has 0 aliphatic carbocycles. The summed E-state index contributed by atoms with van der Waals surface area (Å²) in [6, 6.07) is 39.0. The Labute approximate surface area is 339 Å². The average molecular weight is 849 g/mol. The molecule has 0 saturated carbocycles. The maximum atomic E-state index is 5.64. The molecule has 0 radical (unpaired) electrons. The Hall–Kier alpha value is -4.66. The van der Waals surface area contributed by atoms with Crippen LogP contribution < -0.4 is 52.6 Å². The number of halogens is 2. The van der Waals surface area contributed by atoms with Gasteiger partial charge in [-0.25, -0.2) is 9.13 Å². The summed E-state index contributed by atoms with van der Waals surface area (Å²) in [6.45, 7) is 8.23. The van der Waals surface area contributed by atoms with Crippen LogP contribution in [0, 0.1) is 13.8 Å². The molecule has 6 nitrogen and oxygen atoms in total. The van der Waals surface area contributed by atoms with Gasteiger partial charge in [-0.1, -0.05) is 60.7 Å². The molecule has 0 fully saturated rings. The highest BCUT2D eigenvalue weighted by Gasteiger charge is 2.22. The van der Waals surface area contributed by atoms with Gasteiger partial charge in [0.2, 0.25) is 11.4 Å². The highest BCUT2D eigenvalue weighted by molar-refractivity contribution is 6.09. The van der Waals surface area contributed by atoms with Crippen molar-refractivity contribution in [2.24, 2.45) is 0 Å². The molecule has 8 rings (SSSR count). The van der Waals surface area contributed by atoms with E-state index in [1.54, 1.807) is 14.2 Å². The monoisotopic (exact) mass is 846 g/mol. The van der Waals surface area contributed by atoms with Crippen molar-refractivity contribution in [3.05, 3.63) is 144 Å². The van der Waals surface area contributed by atoms with E-state index in [9.17, 15) is 0 Å². The van der Waals surface area contributed by atoms with E-state index in [1.807, 2.05) is 0 Å². The lowest BCUT2D eigenvalue weighted by molar-refractivity contribution is -0.703. The van der Waals surface area contributed by atoms with Gasteiger partial charge in [0.25, 0.3) is 0 Å². The minimum atomic E-state index is 0. The average Bonchev–Trinajstić information content (AvgIpc) is 3.67. The van der Waals surface area contributed by atoms with E-state index in [0.717, 1.165) is 50.5 Å². The molecule has 0 atom stereocenters. The standard InChI is InChI=1S/C46H48N4O2.2BrH/c1-33-45-41(39-21-19-37(51-3)29-43(39)49(45)31-35-15-9-7-10-16-35)23-27-47(33)25-13-5-6-14-26-48-28-24-42-40-22-20-38(52-4)30-44(40)50(46(42)34(48)2)32-36-17-11-8-12-18-36;;/h7-12,15-24,27-30H,5-6,13-14,25-26,31-32H2,1-4H3;2*1H/q+2;;/p-2. The first-order valence-electron chi connectivity index (χ1n) is 18.6. The number of nitrogens with zero attached hydrogens (tertiary/aromatic N) is 4. The quantitative estimate of drug-likeness (QED) is 0.132. The maximum Gasteiger partial charge on any atom is 0.202 e. The molecule has 4 heterocycles. The Kier molecular flexibility index (Phi) is 12.4. The van der Waals surface area contributed by atoms with Crippen molar-refractivity contribution in [1.29, 1.82) is 0 Å². The molecule has 0 aliphatic heterocycles. The third-order valence-corrected chi connectivity index (χ3v) is 10.9. The van der Waals surface area contributed by atoms with E-state index < -0.39 is 0 Å². The molecule has 0 aliphatic rings. The smallest absolute Gasteiger partial charge is 0.202 e. The zero-order valence-electron chi connectivity index (χ0n) is 31.6. The second-order valence-electron chi connectivity index (χ2n) is 14.0. The van der Waals surface area contributed by atoms with Crippen molar-refractivity contribution in [2.45, 2.75) is 65.7 Å². The van der Waals surface area contributed by atoms with Gasteiger partial charge in [0.1, 0.15) is 35.6 Å². The molecule has 4 aromatic carbocycles. The Morgan fingerprint density at radius 1 is 0.481 bits per heavy atom. The summed E-state index contributed by atoms with van der Waals surface area (Å²) < 4.78 is 21.1. The Balaban J connectivity index is 0.00000249. The third-order valence-electron chi connectivity index (χ3n) is 10.9. The van der Waals surface area contributed by atoms with Crippen molar-refractivity contribution >= 4 is 43.6 Å². The summed E-state index contributed by atoms with van der Waals surface area (Å²) >= 11 is 0. The fraction of sp³-hybridized carbons (Fsp3) is 0.261. The number of methoxy groups -OCH3 is 2. The minimum absolute atomic E-state index is 0. The summed E-state index contributed by atoms with van der Waals surface area (Å²) in [5.74, 6) is 1.78. The van der Waals surface area contributed by atoms with E-state index >= 15 is 0 Å². The molecule has 0 unspecified atom stereocenters. The summed E-state index contributed by atoms with van der Waals surface area (Å²) in [5, 5.41) is 5.14. The van der Waals surface area contributed by atoms with Crippen LogP contribution in [0.15, 0.2) is 122 Å². The zero-order valence-corrected chi connectivity index (χ0v) is 34.7. The van der Waals surface area contributed by atoms with Crippen molar-refractivity contribution < 1.29 is 52.6 Å². The summed E-state index contributed by atoms with van der Waals surface area (Å²) in [6.07, 6.45) is 9.27. The van der Waals surface area contributed by atoms with Crippen LogP contribution >= 0.6 is 0 Å². The van der Waals surface area contributed by atoms with Crippen molar-refractivity contribution in [1.82, 2.24) is 9.13 Å². The number of unbranched alkanes of at least 4 members (excludes halogenated alkanes) is 3. The number of ether oxygens (including phenoxy) is 2. The number of pyridine rings is 2. The van der Waals surface area contributed by atoms with E-state index in [-0.39, 0.29) is 34.0 Å². The highest BCUT2D eigenvalue weighted by atomic mass is 79.9. The van der Waals surface area contributed by atoms with Crippen LogP contribution in [0.3, 0.4) is 0 Å². The molecule has 0 N–H and O–H groups in total. The van der Waals surface area contributed by atoms with Gasteiger partial charge in [0, 0.05) is 85.6 Å². The van der Waals surface area contributed by atoms with E-state index in [4.69, 9.17) is 9.47 Å². The number of benzene rings is 4. The summed E-state index contributed by atoms with van der Waals surface area (Å²) in [7, 11) is 3.49. The Morgan fingerprint density at radius 2 is 0.889 bits per heavy atom. The van der Waals surface area contributed by atoms with Crippen LogP contribution in [0.5, 0.6) is 11.5 Å². The van der Waals surface area contributed by atoms with Crippen LogP contribution in [0.2, 0.25) is 0 Å². The second kappa shape index (κ2) is 17.2. The molecule has 4 aromatic heterocycles. The van der Waals surface area contributed by atoms with Crippen molar-refractivity contribution in [3.63, 3.8) is 0 Å². The van der Waals surface area contributed by atoms with Gasteiger partial charge in [-0.05, 0) is 48.2 Å². The van der Waals surface area contributed by atoms with Gasteiger partial charge in [-0.15, -0.1) is 0 Å². The second-order valence-corrected chi connectivity index (χ2v) is 14.0. The van der Waals surface area contributed by atoms with Crippen molar-refractivity contribution in [3.8, 4) is 11.5 Å². The van der Waals surface area contributed by atoms with Crippen LogP contribution in [-0.2, 0) is 26.2 Å². The lowest BCUT2D eigenvalue weighted by Crippen LogP contribution is -3.00. The number of hydrogen-bond donors (Lipinski definition) is 0. The molecule has 0 amide bonds. The molecule has 278 valence electrons. The summed E-state index contributed by atoms with van der Waals surface area (Å²) in [4.78, 5) is 0. The molecule has 0 saturated heterocycles. The maximum absolute atomic E-state index is 5.64. The molecular weight excluding hydrogens is 800 g/mol.